The fourth-order valence-corrected chi connectivity index (χ4v) is 2.03. The maximum atomic E-state index is 5.68. The summed E-state index contributed by atoms with van der Waals surface area (Å²) in [5, 5.41) is 6.70. The molecule has 1 saturated carbocycles. The molecule has 0 radical (unpaired) electrons. The van der Waals surface area contributed by atoms with Crippen LogP contribution in [0.5, 0.6) is 11.5 Å². The van der Waals surface area contributed by atoms with Gasteiger partial charge in [0.15, 0.2) is 5.96 Å². The average molecular weight is 419 g/mol. The second kappa shape index (κ2) is 9.76. The standard InChI is InChI=1S/C16H25N3O2.HI/c1-12-11-15(12)19-16(17-2)18-9-4-10-21-14-7-5-13(20-3)6-8-14;/h5-8,12,15H,4,9-11H2,1-3H3,(H2,17,18,19);1H. The van der Waals surface area contributed by atoms with E-state index in [4.69, 9.17) is 9.47 Å². The molecular formula is C16H26IN3O2. The van der Waals surface area contributed by atoms with E-state index in [1.165, 1.54) is 6.42 Å². The van der Waals surface area contributed by atoms with E-state index >= 15 is 0 Å². The van der Waals surface area contributed by atoms with Gasteiger partial charge in [-0.1, -0.05) is 6.92 Å². The zero-order valence-electron chi connectivity index (χ0n) is 13.5. The first-order valence-electron chi connectivity index (χ1n) is 7.47. The van der Waals surface area contributed by atoms with Crippen molar-refractivity contribution in [3.63, 3.8) is 0 Å². The van der Waals surface area contributed by atoms with E-state index in [0.717, 1.165) is 36.3 Å². The normalized spacial score (nSPS) is 19.9. The Balaban J connectivity index is 0.00000242. The van der Waals surface area contributed by atoms with Crippen molar-refractivity contribution in [3.8, 4) is 11.5 Å². The monoisotopic (exact) mass is 419 g/mol. The number of benzene rings is 1. The van der Waals surface area contributed by atoms with Crippen LogP contribution in [0.4, 0.5) is 0 Å². The van der Waals surface area contributed by atoms with Crippen molar-refractivity contribution in [1.29, 1.82) is 0 Å². The van der Waals surface area contributed by atoms with Crippen LogP contribution in [0.25, 0.3) is 0 Å². The summed E-state index contributed by atoms with van der Waals surface area (Å²) >= 11 is 0. The molecule has 124 valence electrons. The van der Waals surface area contributed by atoms with Crippen LogP contribution in [0, 0.1) is 5.92 Å². The van der Waals surface area contributed by atoms with Crippen molar-refractivity contribution in [1.82, 2.24) is 10.6 Å². The Labute approximate surface area is 149 Å². The smallest absolute Gasteiger partial charge is 0.191 e. The molecule has 1 fully saturated rings. The fourth-order valence-electron chi connectivity index (χ4n) is 2.03. The van der Waals surface area contributed by atoms with Gasteiger partial charge in [-0.05, 0) is 43.0 Å². The summed E-state index contributed by atoms with van der Waals surface area (Å²) in [6.07, 6.45) is 2.16. The SMILES string of the molecule is CN=C(NCCCOc1ccc(OC)cc1)NC1CC1C.I. The Bertz CT molecular complexity index is 465. The molecule has 0 heterocycles. The first kappa shape index (κ1) is 18.9. The number of aliphatic imine (C=N–C) groups is 1. The van der Waals surface area contributed by atoms with Gasteiger partial charge < -0.3 is 20.1 Å². The lowest BCUT2D eigenvalue weighted by molar-refractivity contribution is 0.310. The number of halogens is 1. The molecule has 0 bridgehead atoms. The van der Waals surface area contributed by atoms with Gasteiger partial charge in [0.2, 0.25) is 0 Å². The first-order valence-corrected chi connectivity index (χ1v) is 7.47. The fraction of sp³-hybridized carbons (Fsp3) is 0.562. The molecule has 0 amide bonds. The highest BCUT2D eigenvalue weighted by atomic mass is 127. The lowest BCUT2D eigenvalue weighted by Crippen LogP contribution is -2.39. The van der Waals surface area contributed by atoms with Crippen LogP contribution in [0.1, 0.15) is 19.8 Å². The molecule has 2 rings (SSSR count). The molecule has 1 aromatic rings. The predicted octanol–water partition coefficient (Wildman–Crippen LogP) is 2.66. The van der Waals surface area contributed by atoms with E-state index in [2.05, 4.69) is 22.5 Å². The molecular weight excluding hydrogens is 393 g/mol. The zero-order chi connectivity index (χ0) is 15.1. The van der Waals surface area contributed by atoms with E-state index in [9.17, 15) is 0 Å². The second-order valence-electron chi connectivity index (χ2n) is 5.34. The van der Waals surface area contributed by atoms with Crippen molar-refractivity contribution in [2.45, 2.75) is 25.8 Å². The van der Waals surface area contributed by atoms with Gasteiger partial charge in [0.1, 0.15) is 11.5 Å². The van der Waals surface area contributed by atoms with Gasteiger partial charge in [0.05, 0.1) is 13.7 Å². The van der Waals surface area contributed by atoms with Crippen LogP contribution < -0.4 is 20.1 Å². The van der Waals surface area contributed by atoms with Gasteiger partial charge in [-0.15, -0.1) is 24.0 Å². The molecule has 22 heavy (non-hydrogen) atoms. The summed E-state index contributed by atoms with van der Waals surface area (Å²) in [6, 6.07) is 8.22. The van der Waals surface area contributed by atoms with Crippen LogP contribution in [0.15, 0.2) is 29.3 Å². The molecule has 0 aromatic heterocycles. The summed E-state index contributed by atoms with van der Waals surface area (Å²) in [7, 11) is 3.46. The molecule has 6 heteroatoms. The van der Waals surface area contributed by atoms with E-state index < -0.39 is 0 Å². The quantitative estimate of drug-likeness (QED) is 0.309. The number of guanidine groups is 1. The molecule has 0 spiro atoms. The van der Waals surface area contributed by atoms with Gasteiger partial charge in [0, 0.05) is 19.6 Å². The summed E-state index contributed by atoms with van der Waals surface area (Å²) in [6.45, 7) is 3.76. The Hall–Kier alpha value is -1.18. The number of hydrogen-bond acceptors (Lipinski definition) is 3. The molecule has 2 unspecified atom stereocenters. The summed E-state index contributed by atoms with van der Waals surface area (Å²) < 4.78 is 10.8. The first-order chi connectivity index (χ1) is 10.2. The Morgan fingerprint density at radius 3 is 2.45 bits per heavy atom. The Morgan fingerprint density at radius 2 is 1.91 bits per heavy atom. The number of hydrogen-bond donors (Lipinski definition) is 2. The van der Waals surface area contributed by atoms with Crippen LogP contribution in [-0.4, -0.2) is 39.3 Å². The molecule has 1 aliphatic rings. The van der Waals surface area contributed by atoms with Crippen LogP contribution >= 0.6 is 24.0 Å². The second-order valence-corrected chi connectivity index (χ2v) is 5.34. The third-order valence-electron chi connectivity index (χ3n) is 3.60. The third kappa shape index (κ3) is 6.29. The largest absolute Gasteiger partial charge is 0.497 e. The molecule has 0 saturated heterocycles. The topological polar surface area (TPSA) is 54.9 Å². The predicted molar refractivity (Wildman–Crippen MR) is 101 cm³/mol. The van der Waals surface area contributed by atoms with E-state index in [0.29, 0.717) is 12.6 Å². The molecule has 0 aliphatic heterocycles. The highest BCUT2D eigenvalue weighted by Gasteiger charge is 2.33. The van der Waals surface area contributed by atoms with E-state index in [1.54, 1.807) is 14.2 Å². The van der Waals surface area contributed by atoms with Crippen molar-refractivity contribution in [2.75, 3.05) is 27.3 Å². The minimum atomic E-state index is 0. The minimum absolute atomic E-state index is 0. The van der Waals surface area contributed by atoms with E-state index in [-0.39, 0.29) is 24.0 Å². The van der Waals surface area contributed by atoms with Crippen molar-refractivity contribution >= 4 is 29.9 Å². The molecule has 2 N–H and O–H groups in total. The highest BCUT2D eigenvalue weighted by molar-refractivity contribution is 14.0. The van der Waals surface area contributed by atoms with Crippen molar-refractivity contribution < 1.29 is 9.47 Å². The number of ether oxygens (including phenoxy) is 2. The van der Waals surface area contributed by atoms with Gasteiger partial charge >= 0.3 is 0 Å². The maximum absolute atomic E-state index is 5.68. The third-order valence-corrected chi connectivity index (χ3v) is 3.60. The molecule has 1 aliphatic carbocycles. The van der Waals surface area contributed by atoms with Gasteiger partial charge in [-0.2, -0.15) is 0 Å². The number of rotatable bonds is 7. The number of methoxy groups -OCH3 is 1. The van der Waals surface area contributed by atoms with Crippen LogP contribution in [0.2, 0.25) is 0 Å². The average Bonchev–Trinajstić information content (AvgIpc) is 3.21. The summed E-state index contributed by atoms with van der Waals surface area (Å²) in [5.41, 5.74) is 0. The van der Waals surface area contributed by atoms with Crippen molar-refractivity contribution in [3.05, 3.63) is 24.3 Å². The zero-order valence-corrected chi connectivity index (χ0v) is 15.8. The summed E-state index contributed by atoms with van der Waals surface area (Å²) in [4.78, 5) is 4.22. The highest BCUT2D eigenvalue weighted by Crippen LogP contribution is 2.28. The maximum Gasteiger partial charge on any atom is 0.191 e. The Kier molecular flexibility index (Phi) is 8.37. The van der Waals surface area contributed by atoms with Crippen molar-refractivity contribution in [2.24, 2.45) is 10.9 Å². The molecule has 1 aromatic carbocycles. The van der Waals surface area contributed by atoms with E-state index in [1.807, 2.05) is 24.3 Å². The van der Waals surface area contributed by atoms with Gasteiger partial charge in [0.25, 0.3) is 0 Å². The van der Waals surface area contributed by atoms with Crippen LogP contribution in [0.3, 0.4) is 0 Å². The van der Waals surface area contributed by atoms with Gasteiger partial charge in [-0.25, -0.2) is 0 Å². The number of nitrogens with one attached hydrogen (secondary N) is 2. The lowest BCUT2D eigenvalue weighted by atomic mass is 10.3. The number of nitrogens with zero attached hydrogens (tertiary/aromatic N) is 1. The van der Waals surface area contributed by atoms with Crippen LogP contribution in [-0.2, 0) is 0 Å². The summed E-state index contributed by atoms with van der Waals surface area (Å²) in [5.74, 6) is 3.36. The molecule has 5 nitrogen and oxygen atoms in total. The Morgan fingerprint density at radius 1 is 1.27 bits per heavy atom. The molecule has 2 atom stereocenters. The lowest BCUT2D eigenvalue weighted by Gasteiger charge is -2.12. The minimum Gasteiger partial charge on any atom is -0.497 e. The van der Waals surface area contributed by atoms with Gasteiger partial charge in [-0.3, -0.25) is 4.99 Å².